The van der Waals surface area contributed by atoms with Gasteiger partial charge in [0.25, 0.3) is 0 Å². The molecule has 0 aliphatic carbocycles. The molecule has 3 heteroatoms. The molecule has 1 unspecified atom stereocenters. The highest BCUT2D eigenvalue weighted by Crippen LogP contribution is 2.16. The number of hydrogen-bond donors (Lipinski definition) is 1. The van der Waals surface area contributed by atoms with Crippen molar-refractivity contribution in [1.29, 1.82) is 0 Å². The van der Waals surface area contributed by atoms with Crippen LogP contribution in [0.15, 0.2) is 30.3 Å². The number of benzene rings is 1. The van der Waals surface area contributed by atoms with Gasteiger partial charge in [-0.25, -0.2) is 0 Å². The van der Waals surface area contributed by atoms with Crippen LogP contribution in [-0.2, 0) is 4.74 Å². The first-order chi connectivity index (χ1) is 10.3. The quantitative estimate of drug-likeness (QED) is 0.745. The van der Waals surface area contributed by atoms with Crippen molar-refractivity contribution in [1.82, 2.24) is 10.2 Å². The highest BCUT2D eigenvalue weighted by Gasteiger charge is 2.15. The predicted molar refractivity (Wildman–Crippen MR) is 88.5 cm³/mol. The van der Waals surface area contributed by atoms with Crippen molar-refractivity contribution < 1.29 is 4.74 Å². The number of methoxy groups -OCH3 is 1. The van der Waals surface area contributed by atoms with E-state index < -0.39 is 0 Å². The van der Waals surface area contributed by atoms with Crippen LogP contribution in [0.3, 0.4) is 0 Å². The molecule has 0 aromatic heterocycles. The van der Waals surface area contributed by atoms with Gasteiger partial charge in [0.1, 0.15) is 0 Å². The first kappa shape index (κ1) is 16.5. The van der Waals surface area contributed by atoms with Crippen LogP contribution in [0.5, 0.6) is 0 Å². The van der Waals surface area contributed by atoms with Gasteiger partial charge in [0.05, 0.1) is 12.6 Å². The van der Waals surface area contributed by atoms with Gasteiger partial charge in [0.15, 0.2) is 0 Å². The zero-order valence-electron chi connectivity index (χ0n) is 13.6. The second-order valence-electron chi connectivity index (χ2n) is 6.25. The predicted octanol–water partition coefficient (Wildman–Crippen LogP) is 3.09. The second-order valence-corrected chi connectivity index (χ2v) is 6.25. The summed E-state index contributed by atoms with van der Waals surface area (Å²) in [4.78, 5) is 2.61. The number of ether oxygens (including phenoxy) is 1. The molecule has 2 rings (SSSR count). The molecule has 1 aliphatic heterocycles. The second kappa shape index (κ2) is 9.19. The number of hydrogen-bond acceptors (Lipinski definition) is 3. The van der Waals surface area contributed by atoms with Gasteiger partial charge in [-0.2, -0.15) is 0 Å². The summed E-state index contributed by atoms with van der Waals surface area (Å²) in [6, 6.07) is 10.9. The van der Waals surface area contributed by atoms with Crippen LogP contribution in [0.25, 0.3) is 0 Å². The van der Waals surface area contributed by atoms with Crippen molar-refractivity contribution >= 4 is 0 Å². The smallest absolute Gasteiger partial charge is 0.0657 e. The Balaban J connectivity index is 1.68. The largest absolute Gasteiger partial charge is 0.383 e. The Morgan fingerprint density at radius 1 is 1.24 bits per heavy atom. The van der Waals surface area contributed by atoms with Crippen molar-refractivity contribution in [2.75, 3.05) is 39.9 Å². The normalized spacial score (nSPS) is 18.8. The summed E-state index contributed by atoms with van der Waals surface area (Å²) in [6.45, 7) is 7.92. The molecule has 0 radical (unpaired) electrons. The molecule has 1 atom stereocenters. The van der Waals surface area contributed by atoms with Crippen LogP contribution < -0.4 is 5.32 Å². The van der Waals surface area contributed by atoms with Gasteiger partial charge in [0, 0.05) is 7.11 Å². The average molecular weight is 290 g/mol. The number of likely N-dealkylation sites (tertiary alicyclic amines) is 1. The number of rotatable bonds is 8. The molecule has 0 spiro atoms. The molecule has 1 N–H and O–H groups in total. The maximum atomic E-state index is 5.34. The lowest BCUT2D eigenvalue weighted by molar-refractivity contribution is 0.163. The van der Waals surface area contributed by atoms with E-state index in [0.29, 0.717) is 6.04 Å². The van der Waals surface area contributed by atoms with Crippen molar-refractivity contribution in [2.45, 2.75) is 32.2 Å². The Bertz CT molecular complexity index is 374. The van der Waals surface area contributed by atoms with Gasteiger partial charge in [-0.3, -0.25) is 0 Å². The van der Waals surface area contributed by atoms with Crippen LogP contribution >= 0.6 is 0 Å². The molecule has 1 saturated heterocycles. The van der Waals surface area contributed by atoms with Gasteiger partial charge in [-0.05, 0) is 56.9 Å². The minimum absolute atomic E-state index is 0.303. The summed E-state index contributed by atoms with van der Waals surface area (Å²) >= 11 is 0. The summed E-state index contributed by atoms with van der Waals surface area (Å²) in [5.41, 5.74) is 1.31. The third kappa shape index (κ3) is 5.77. The Morgan fingerprint density at radius 3 is 2.62 bits per heavy atom. The zero-order valence-corrected chi connectivity index (χ0v) is 13.6. The summed E-state index contributed by atoms with van der Waals surface area (Å²) in [6.07, 6.45) is 3.94. The highest BCUT2D eigenvalue weighted by molar-refractivity contribution is 5.18. The Morgan fingerprint density at radius 2 is 1.95 bits per heavy atom. The third-order valence-electron chi connectivity index (χ3n) is 4.45. The molecule has 1 fully saturated rings. The summed E-state index contributed by atoms with van der Waals surface area (Å²) in [5, 5.41) is 3.63. The first-order valence-electron chi connectivity index (χ1n) is 8.29. The van der Waals surface area contributed by atoms with Gasteiger partial charge >= 0.3 is 0 Å². The van der Waals surface area contributed by atoms with E-state index in [1.807, 2.05) is 0 Å². The maximum Gasteiger partial charge on any atom is 0.0657 e. The van der Waals surface area contributed by atoms with Crippen molar-refractivity contribution in [3.8, 4) is 0 Å². The molecular formula is C18H30N2O. The monoisotopic (exact) mass is 290 g/mol. The van der Waals surface area contributed by atoms with Crippen molar-refractivity contribution in [2.24, 2.45) is 5.92 Å². The molecule has 118 valence electrons. The Hall–Kier alpha value is -0.900. The third-order valence-corrected chi connectivity index (χ3v) is 4.45. The molecule has 0 amide bonds. The van der Waals surface area contributed by atoms with Crippen LogP contribution in [0.4, 0.5) is 0 Å². The lowest BCUT2D eigenvalue weighted by Crippen LogP contribution is -2.35. The lowest BCUT2D eigenvalue weighted by Gasteiger charge is -2.30. The fourth-order valence-electron chi connectivity index (χ4n) is 2.99. The summed E-state index contributed by atoms with van der Waals surface area (Å²) in [5.74, 6) is 0.920. The van der Waals surface area contributed by atoms with E-state index in [4.69, 9.17) is 4.74 Å². The summed E-state index contributed by atoms with van der Waals surface area (Å²) in [7, 11) is 1.77. The van der Waals surface area contributed by atoms with Gasteiger partial charge in [0.2, 0.25) is 0 Å². The Labute approximate surface area is 129 Å². The number of piperidine rings is 1. The molecule has 1 aromatic rings. The van der Waals surface area contributed by atoms with Crippen LogP contribution in [0.1, 0.15) is 37.8 Å². The van der Waals surface area contributed by atoms with Gasteiger partial charge in [-0.15, -0.1) is 0 Å². The van der Waals surface area contributed by atoms with E-state index in [1.165, 1.54) is 44.5 Å². The van der Waals surface area contributed by atoms with E-state index in [2.05, 4.69) is 47.5 Å². The van der Waals surface area contributed by atoms with Crippen molar-refractivity contribution in [3.05, 3.63) is 35.9 Å². The molecule has 3 nitrogen and oxygen atoms in total. The first-order valence-corrected chi connectivity index (χ1v) is 8.29. The van der Waals surface area contributed by atoms with E-state index in [0.717, 1.165) is 19.1 Å². The molecule has 1 heterocycles. The van der Waals surface area contributed by atoms with E-state index in [-0.39, 0.29) is 0 Å². The Kier molecular flexibility index (Phi) is 7.20. The standard InChI is InChI=1S/C18H30N2O/c1-16-9-13-20(14-10-16)12-6-11-19-18(15-21-2)17-7-4-3-5-8-17/h3-5,7-8,16,18-19H,6,9-15H2,1-2H3. The van der Waals surface area contributed by atoms with E-state index in [9.17, 15) is 0 Å². The molecule has 1 aliphatic rings. The molecule has 1 aromatic carbocycles. The molecular weight excluding hydrogens is 260 g/mol. The fourth-order valence-corrected chi connectivity index (χ4v) is 2.99. The van der Waals surface area contributed by atoms with Gasteiger partial charge < -0.3 is 15.0 Å². The van der Waals surface area contributed by atoms with Crippen LogP contribution in [-0.4, -0.2) is 44.8 Å². The van der Waals surface area contributed by atoms with Gasteiger partial charge in [-0.1, -0.05) is 37.3 Å². The topological polar surface area (TPSA) is 24.5 Å². The van der Waals surface area contributed by atoms with Crippen molar-refractivity contribution in [3.63, 3.8) is 0 Å². The summed E-state index contributed by atoms with van der Waals surface area (Å²) < 4.78 is 5.34. The van der Waals surface area contributed by atoms with E-state index >= 15 is 0 Å². The van der Waals surface area contributed by atoms with Crippen LogP contribution in [0.2, 0.25) is 0 Å². The van der Waals surface area contributed by atoms with E-state index in [1.54, 1.807) is 7.11 Å². The average Bonchev–Trinajstić information content (AvgIpc) is 2.53. The fraction of sp³-hybridized carbons (Fsp3) is 0.667. The molecule has 0 bridgehead atoms. The highest BCUT2D eigenvalue weighted by atomic mass is 16.5. The number of nitrogens with zero attached hydrogens (tertiary/aromatic N) is 1. The molecule has 0 saturated carbocycles. The minimum Gasteiger partial charge on any atom is -0.383 e. The lowest BCUT2D eigenvalue weighted by atomic mass is 9.99. The van der Waals surface area contributed by atoms with Crippen LogP contribution in [0, 0.1) is 5.92 Å². The molecule has 21 heavy (non-hydrogen) atoms. The SMILES string of the molecule is COCC(NCCCN1CCC(C)CC1)c1ccccc1. The zero-order chi connectivity index (χ0) is 14.9. The minimum atomic E-state index is 0.303. The maximum absolute atomic E-state index is 5.34. The number of nitrogens with one attached hydrogen (secondary N) is 1.